The average molecular weight is 326 g/mol. The molecule has 0 bridgehead atoms. The molecular weight excluding hydrogens is 306 g/mol. The van der Waals surface area contributed by atoms with Crippen LogP contribution in [0.25, 0.3) is 0 Å². The van der Waals surface area contributed by atoms with E-state index < -0.39 is 17.5 Å². The van der Waals surface area contributed by atoms with E-state index in [0.717, 1.165) is 12.1 Å². The lowest BCUT2D eigenvalue weighted by atomic mass is 10.1. The van der Waals surface area contributed by atoms with Crippen molar-refractivity contribution in [2.24, 2.45) is 5.92 Å². The van der Waals surface area contributed by atoms with Gasteiger partial charge < -0.3 is 15.0 Å². The van der Waals surface area contributed by atoms with Gasteiger partial charge in [0, 0.05) is 25.2 Å². The van der Waals surface area contributed by atoms with Crippen molar-refractivity contribution < 1.29 is 23.1 Å². The van der Waals surface area contributed by atoms with Crippen LogP contribution in [0.4, 0.5) is 8.78 Å². The quantitative estimate of drug-likeness (QED) is 0.894. The first kappa shape index (κ1) is 17.3. The third-order valence-corrected chi connectivity index (χ3v) is 3.48. The van der Waals surface area contributed by atoms with Gasteiger partial charge in [-0.1, -0.05) is 13.8 Å². The third-order valence-electron chi connectivity index (χ3n) is 3.48. The highest BCUT2D eigenvalue weighted by Gasteiger charge is 2.27. The minimum Gasteiger partial charge on any atom is -0.365 e. The van der Waals surface area contributed by atoms with Crippen molar-refractivity contribution in [3.05, 3.63) is 35.4 Å². The molecule has 0 aliphatic carbocycles. The largest absolute Gasteiger partial charge is 0.365 e. The molecule has 0 saturated carbocycles. The Balaban J connectivity index is 1.88. The predicted molar refractivity (Wildman–Crippen MR) is 79.8 cm³/mol. The van der Waals surface area contributed by atoms with Crippen LogP contribution in [-0.4, -0.2) is 49.1 Å². The van der Waals surface area contributed by atoms with Crippen LogP contribution in [0.5, 0.6) is 0 Å². The topological polar surface area (TPSA) is 58.6 Å². The molecule has 1 unspecified atom stereocenters. The van der Waals surface area contributed by atoms with Crippen molar-refractivity contribution in [3.63, 3.8) is 0 Å². The number of benzene rings is 1. The monoisotopic (exact) mass is 326 g/mol. The lowest BCUT2D eigenvalue weighted by molar-refractivity contribution is -0.149. The number of hydrogen-bond donors (Lipinski definition) is 1. The van der Waals surface area contributed by atoms with E-state index in [2.05, 4.69) is 5.32 Å². The third kappa shape index (κ3) is 4.72. The highest BCUT2D eigenvalue weighted by Crippen LogP contribution is 2.10. The molecule has 2 amide bonds. The van der Waals surface area contributed by atoms with Crippen LogP contribution in [0, 0.1) is 17.6 Å². The van der Waals surface area contributed by atoms with Crippen LogP contribution < -0.4 is 5.32 Å². The van der Waals surface area contributed by atoms with E-state index in [1.807, 2.05) is 13.8 Å². The molecule has 1 aromatic carbocycles. The molecule has 1 heterocycles. The maximum atomic E-state index is 13.1. The molecule has 1 aromatic rings. The van der Waals surface area contributed by atoms with Crippen LogP contribution in [0.3, 0.4) is 0 Å². The number of carbonyl (C=O) groups is 2. The van der Waals surface area contributed by atoms with E-state index in [4.69, 9.17) is 4.74 Å². The summed E-state index contributed by atoms with van der Waals surface area (Å²) in [6, 6.07) is 2.97. The van der Waals surface area contributed by atoms with E-state index in [-0.39, 0.29) is 30.7 Å². The van der Waals surface area contributed by atoms with Gasteiger partial charge >= 0.3 is 0 Å². The Morgan fingerprint density at radius 2 is 2.13 bits per heavy atom. The van der Waals surface area contributed by atoms with E-state index in [1.165, 1.54) is 6.07 Å². The van der Waals surface area contributed by atoms with Crippen molar-refractivity contribution in [2.75, 3.05) is 26.2 Å². The summed E-state index contributed by atoms with van der Waals surface area (Å²) >= 11 is 0. The van der Waals surface area contributed by atoms with Gasteiger partial charge in [0.25, 0.3) is 5.91 Å². The van der Waals surface area contributed by atoms with E-state index in [9.17, 15) is 18.4 Å². The van der Waals surface area contributed by atoms with Crippen molar-refractivity contribution >= 4 is 11.8 Å². The highest BCUT2D eigenvalue weighted by molar-refractivity contribution is 5.94. The summed E-state index contributed by atoms with van der Waals surface area (Å²) in [5.41, 5.74) is 0.0369. The molecule has 126 valence electrons. The zero-order valence-corrected chi connectivity index (χ0v) is 13.1. The zero-order valence-electron chi connectivity index (χ0n) is 13.1. The Kier molecular flexibility index (Phi) is 5.65. The first-order valence-corrected chi connectivity index (χ1v) is 7.49. The Labute approximate surface area is 133 Å². The Morgan fingerprint density at radius 1 is 1.39 bits per heavy atom. The first-order chi connectivity index (χ1) is 10.9. The number of nitrogens with one attached hydrogen (secondary N) is 1. The number of hydrogen-bond acceptors (Lipinski definition) is 3. The van der Waals surface area contributed by atoms with Gasteiger partial charge in [0.15, 0.2) is 11.6 Å². The predicted octanol–water partition coefficient (Wildman–Crippen LogP) is 1.58. The van der Waals surface area contributed by atoms with Gasteiger partial charge in [0.05, 0.1) is 6.10 Å². The van der Waals surface area contributed by atoms with Crippen LogP contribution >= 0.6 is 0 Å². The smallest absolute Gasteiger partial charge is 0.251 e. The SMILES string of the molecule is CC(C)CN1CC(CNC(=O)c2ccc(F)c(F)c2)OCC1=O. The number of morpholine rings is 1. The van der Waals surface area contributed by atoms with Gasteiger partial charge in [0.1, 0.15) is 6.61 Å². The summed E-state index contributed by atoms with van der Waals surface area (Å²) in [5, 5.41) is 2.61. The highest BCUT2D eigenvalue weighted by atomic mass is 19.2. The van der Waals surface area contributed by atoms with Gasteiger partial charge in [-0.15, -0.1) is 0 Å². The molecule has 1 aliphatic heterocycles. The number of halogens is 2. The van der Waals surface area contributed by atoms with Gasteiger partial charge in [0.2, 0.25) is 5.91 Å². The number of rotatable bonds is 5. The average Bonchev–Trinajstić information content (AvgIpc) is 2.50. The number of amides is 2. The molecule has 2 rings (SSSR count). The summed E-state index contributed by atoms with van der Waals surface area (Å²) < 4.78 is 31.4. The molecule has 1 aliphatic rings. The molecule has 0 spiro atoms. The van der Waals surface area contributed by atoms with Gasteiger partial charge in [-0.3, -0.25) is 9.59 Å². The van der Waals surface area contributed by atoms with Crippen molar-refractivity contribution in [2.45, 2.75) is 20.0 Å². The van der Waals surface area contributed by atoms with E-state index in [0.29, 0.717) is 19.0 Å². The Hall–Kier alpha value is -2.02. The molecule has 7 heteroatoms. The summed E-state index contributed by atoms with van der Waals surface area (Å²) in [6.45, 7) is 5.24. The summed E-state index contributed by atoms with van der Waals surface area (Å²) in [5.74, 6) is -2.31. The molecule has 0 aromatic heterocycles. The summed E-state index contributed by atoms with van der Waals surface area (Å²) in [4.78, 5) is 25.4. The van der Waals surface area contributed by atoms with Crippen molar-refractivity contribution in [1.82, 2.24) is 10.2 Å². The molecule has 23 heavy (non-hydrogen) atoms. The second-order valence-corrected chi connectivity index (χ2v) is 5.96. The normalized spacial score (nSPS) is 18.4. The number of nitrogens with zero attached hydrogens (tertiary/aromatic N) is 1. The second-order valence-electron chi connectivity index (χ2n) is 5.96. The molecular formula is C16H20F2N2O3. The molecule has 5 nitrogen and oxygen atoms in total. The van der Waals surface area contributed by atoms with Gasteiger partial charge in [-0.25, -0.2) is 8.78 Å². The summed E-state index contributed by atoms with van der Waals surface area (Å²) in [6.07, 6.45) is -0.319. The van der Waals surface area contributed by atoms with Crippen LogP contribution in [0.2, 0.25) is 0 Å². The maximum absolute atomic E-state index is 13.1. The van der Waals surface area contributed by atoms with Crippen molar-refractivity contribution in [1.29, 1.82) is 0 Å². The van der Waals surface area contributed by atoms with Crippen molar-refractivity contribution in [3.8, 4) is 0 Å². The lowest BCUT2D eigenvalue weighted by Crippen LogP contribution is -2.51. The molecule has 1 atom stereocenters. The maximum Gasteiger partial charge on any atom is 0.251 e. The Bertz CT molecular complexity index is 593. The van der Waals surface area contributed by atoms with Crippen LogP contribution in [0.15, 0.2) is 18.2 Å². The molecule has 1 saturated heterocycles. The van der Waals surface area contributed by atoms with E-state index in [1.54, 1.807) is 4.90 Å². The number of carbonyl (C=O) groups excluding carboxylic acids is 2. The summed E-state index contributed by atoms with van der Waals surface area (Å²) in [7, 11) is 0. The fourth-order valence-electron chi connectivity index (χ4n) is 2.37. The first-order valence-electron chi connectivity index (χ1n) is 7.49. The number of ether oxygens (including phenoxy) is 1. The minimum atomic E-state index is -1.07. The fourth-order valence-corrected chi connectivity index (χ4v) is 2.37. The van der Waals surface area contributed by atoms with E-state index >= 15 is 0 Å². The standard InChI is InChI=1S/C16H20F2N2O3/c1-10(2)7-20-8-12(23-9-15(20)21)6-19-16(22)11-3-4-13(17)14(18)5-11/h3-5,10,12H,6-9H2,1-2H3,(H,19,22). The van der Waals surface area contributed by atoms with Gasteiger partial charge in [-0.2, -0.15) is 0 Å². The van der Waals surface area contributed by atoms with Gasteiger partial charge in [-0.05, 0) is 24.1 Å². The Morgan fingerprint density at radius 3 is 2.78 bits per heavy atom. The second kappa shape index (κ2) is 7.50. The molecule has 0 radical (unpaired) electrons. The van der Waals surface area contributed by atoms with Crippen LogP contribution in [0.1, 0.15) is 24.2 Å². The zero-order chi connectivity index (χ0) is 17.0. The molecule has 1 N–H and O–H groups in total. The minimum absolute atomic E-state index is 0.0154. The van der Waals surface area contributed by atoms with Crippen LogP contribution in [-0.2, 0) is 9.53 Å². The lowest BCUT2D eigenvalue weighted by Gasteiger charge is -2.33. The molecule has 1 fully saturated rings. The fraction of sp³-hybridized carbons (Fsp3) is 0.500.